The maximum absolute atomic E-state index is 13.2. The third kappa shape index (κ3) is 4.10. The number of ether oxygens (including phenoxy) is 2. The van der Waals surface area contributed by atoms with E-state index in [0.29, 0.717) is 42.0 Å². The molecule has 3 aromatic rings. The summed E-state index contributed by atoms with van der Waals surface area (Å²) in [5, 5.41) is 0. The van der Waals surface area contributed by atoms with Gasteiger partial charge in [-0.2, -0.15) is 0 Å². The first-order chi connectivity index (χ1) is 15.0. The van der Waals surface area contributed by atoms with E-state index in [2.05, 4.69) is 30.0 Å². The fourth-order valence-electron chi connectivity index (χ4n) is 4.19. The van der Waals surface area contributed by atoms with E-state index in [1.54, 1.807) is 38.5 Å². The molecule has 0 spiro atoms. The number of furan rings is 1. The number of rotatable bonds is 7. The Morgan fingerprint density at radius 1 is 1.16 bits per heavy atom. The molecule has 1 aliphatic rings. The topological polar surface area (TPSA) is 55.2 Å². The molecule has 31 heavy (non-hydrogen) atoms. The smallest absolute Gasteiger partial charge is 0.257 e. The molecule has 0 bridgehead atoms. The Bertz CT molecular complexity index is 1070. The van der Waals surface area contributed by atoms with Crippen LogP contribution in [0.5, 0.6) is 11.5 Å². The summed E-state index contributed by atoms with van der Waals surface area (Å²) in [6.07, 6.45) is 2.59. The predicted octanol–water partition coefficient (Wildman–Crippen LogP) is 4.52. The molecule has 0 aliphatic carbocycles. The molecule has 0 saturated heterocycles. The Morgan fingerprint density at radius 3 is 2.74 bits per heavy atom. The molecule has 6 nitrogen and oxygen atoms in total. The van der Waals surface area contributed by atoms with E-state index >= 15 is 0 Å². The molecular formula is C25H28N2O4. The highest BCUT2D eigenvalue weighted by molar-refractivity contribution is 5.95. The number of nitrogens with zero attached hydrogens (tertiary/aromatic N) is 2. The zero-order chi connectivity index (χ0) is 22.0. The zero-order valence-electron chi connectivity index (χ0n) is 18.4. The van der Waals surface area contributed by atoms with Gasteiger partial charge < -0.3 is 23.7 Å². The van der Waals surface area contributed by atoms with Gasteiger partial charge in [0.2, 0.25) is 0 Å². The summed E-state index contributed by atoms with van der Waals surface area (Å²) < 4.78 is 16.5. The molecule has 0 fully saturated rings. The number of hydrogen-bond acceptors (Lipinski definition) is 5. The van der Waals surface area contributed by atoms with E-state index in [0.717, 1.165) is 12.0 Å². The van der Waals surface area contributed by atoms with Crippen molar-refractivity contribution in [3.05, 3.63) is 77.2 Å². The van der Waals surface area contributed by atoms with Crippen LogP contribution in [0, 0.1) is 0 Å². The highest BCUT2D eigenvalue weighted by Crippen LogP contribution is 2.34. The van der Waals surface area contributed by atoms with Crippen LogP contribution in [-0.4, -0.2) is 38.1 Å². The summed E-state index contributed by atoms with van der Waals surface area (Å²) in [7, 11) is 5.02. The number of carbonyl (C=O) groups is 1. The van der Waals surface area contributed by atoms with Crippen molar-refractivity contribution in [2.24, 2.45) is 0 Å². The summed E-state index contributed by atoms with van der Waals surface area (Å²) >= 11 is 0. The number of methoxy groups -OCH3 is 2. The molecule has 162 valence electrons. The molecule has 1 amide bonds. The minimum Gasteiger partial charge on any atom is -0.497 e. The van der Waals surface area contributed by atoms with Crippen LogP contribution in [0.3, 0.4) is 0 Å². The molecule has 2 aromatic carbocycles. The molecule has 1 unspecified atom stereocenters. The van der Waals surface area contributed by atoms with Crippen molar-refractivity contribution in [3.8, 4) is 11.5 Å². The van der Waals surface area contributed by atoms with Crippen molar-refractivity contribution in [1.29, 1.82) is 0 Å². The van der Waals surface area contributed by atoms with Crippen LogP contribution >= 0.6 is 0 Å². The normalized spacial score (nSPS) is 15.0. The largest absolute Gasteiger partial charge is 0.497 e. The van der Waals surface area contributed by atoms with E-state index in [1.807, 2.05) is 24.3 Å². The highest BCUT2D eigenvalue weighted by Gasteiger charge is 2.28. The number of benzene rings is 2. The van der Waals surface area contributed by atoms with Crippen LogP contribution in [0.2, 0.25) is 0 Å². The molecular weight excluding hydrogens is 392 g/mol. The summed E-state index contributed by atoms with van der Waals surface area (Å²) in [5.41, 5.74) is 4.04. The maximum atomic E-state index is 13.2. The molecule has 6 heteroatoms. The van der Waals surface area contributed by atoms with E-state index < -0.39 is 0 Å². The SMILES string of the molecule is COc1ccc(CN(C)C(=O)c2ccoc2CN2c3ccccc3CC2C)c(OC)c1. The summed E-state index contributed by atoms with van der Waals surface area (Å²) in [6.45, 7) is 3.18. The molecule has 4 rings (SSSR count). The van der Waals surface area contributed by atoms with E-state index in [1.165, 1.54) is 11.3 Å². The minimum atomic E-state index is -0.0817. The highest BCUT2D eigenvalue weighted by atomic mass is 16.5. The van der Waals surface area contributed by atoms with Gasteiger partial charge in [0.15, 0.2) is 0 Å². The van der Waals surface area contributed by atoms with Crippen molar-refractivity contribution in [1.82, 2.24) is 4.90 Å². The second-order valence-electron chi connectivity index (χ2n) is 7.91. The lowest BCUT2D eigenvalue weighted by molar-refractivity contribution is 0.0782. The monoisotopic (exact) mass is 420 g/mol. The fraction of sp³-hybridized carbons (Fsp3) is 0.320. The Labute approximate surface area is 183 Å². The Morgan fingerprint density at radius 2 is 1.97 bits per heavy atom. The van der Waals surface area contributed by atoms with Crippen molar-refractivity contribution in [2.45, 2.75) is 32.5 Å². The third-order valence-electron chi connectivity index (χ3n) is 5.89. The molecule has 1 aromatic heterocycles. The lowest BCUT2D eigenvalue weighted by Gasteiger charge is -2.25. The van der Waals surface area contributed by atoms with Crippen molar-refractivity contribution >= 4 is 11.6 Å². The van der Waals surface area contributed by atoms with Gasteiger partial charge >= 0.3 is 0 Å². The standard InChI is InChI=1S/C25H28N2O4/c1-17-13-18-7-5-6-8-22(18)27(17)16-24-21(11-12-31-24)25(28)26(2)15-19-9-10-20(29-3)14-23(19)30-4/h5-12,14,17H,13,15-16H2,1-4H3. The minimum absolute atomic E-state index is 0.0817. The molecule has 0 saturated carbocycles. The average Bonchev–Trinajstić information content (AvgIpc) is 3.38. The van der Waals surface area contributed by atoms with E-state index in [9.17, 15) is 4.79 Å². The van der Waals surface area contributed by atoms with E-state index in [-0.39, 0.29) is 5.91 Å². The molecule has 2 heterocycles. The first-order valence-corrected chi connectivity index (χ1v) is 10.4. The van der Waals surface area contributed by atoms with E-state index in [4.69, 9.17) is 13.9 Å². The van der Waals surface area contributed by atoms with Crippen molar-refractivity contribution < 1.29 is 18.7 Å². The predicted molar refractivity (Wildman–Crippen MR) is 120 cm³/mol. The van der Waals surface area contributed by atoms with Crippen LogP contribution in [-0.2, 0) is 19.5 Å². The summed E-state index contributed by atoms with van der Waals surface area (Å²) in [6, 6.07) is 16.1. The number of hydrogen-bond donors (Lipinski definition) is 0. The van der Waals surface area contributed by atoms with Crippen molar-refractivity contribution in [2.75, 3.05) is 26.2 Å². The first kappa shape index (κ1) is 20.8. The van der Waals surface area contributed by atoms with Crippen molar-refractivity contribution in [3.63, 3.8) is 0 Å². The molecule has 1 aliphatic heterocycles. The van der Waals surface area contributed by atoms with Gasteiger partial charge in [-0.1, -0.05) is 18.2 Å². The summed E-state index contributed by atoms with van der Waals surface area (Å²) in [5.74, 6) is 2.00. The lowest BCUT2D eigenvalue weighted by atomic mass is 10.1. The van der Waals surface area contributed by atoms with Gasteiger partial charge in [-0.15, -0.1) is 0 Å². The van der Waals surface area contributed by atoms with Gasteiger partial charge in [0.05, 0.1) is 32.6 Å². The lowest BCUT2D eigenvalue weighted by Crippen LogP contribution is -2.31. The van der Waals surface area contributed by atoms with Gasteiger partial charge in [0, 0.05) is 37.0 Å². The fourth-order valence-corrected chi connectivity index (χ4v) is 4.19. The zero-order valence-corrected chi connectivity index (χ0v) is 18.4. The van der Waals surface area contributed by atoms with Gasteiger partial charge in [0.1, 0.15) is 17.3 Å². The van der Waals surface area contributed by atoms with Crippen LogP contribution in [0.25, 0.3) is 0 Å². The second kappa shape index (κ2) is 8.76. The quantitative estimate of drug-likeness (QED) is 0.563. The van der Waals surface area contributed by atoms with Gasteiger partial charge in [-0.3, -0.25) is 4.79 Å². The second-order valence-corrected chi connectivity index (χ2v) is 7.91. The van der Waals surface area contributed by atoms with Gasteiger partial charge in [-0.05, 0) is 43.2 Å². The number of amides is 1. The van der Waals surface area contributed by atoms with Crippen LogP contribution in [0.1, 0.15) is 34.2 Å². The maximum Gasteiger partial charge on any atom is 0.257 e. The number of anilines is 1. The van der Waals surface area contributed by atoms with Gasteiger partial charge in [0.25, 0.3) is 5.91 Å². The summed E-state index contributed by atoms with van der Waals surface area (Å²) in [4.78, 5) is 17.2. The average molecular weight is 421 g/mol. The van der Waals surface area contributed by atoms with Crippen LogP contribution < -0.4 is 14.4 Å². The van der Waals surface area contributed by atoms with Crippen LogP contribution in [0.15, 0.2) is 59.2 Å². The Balaban J connectivity index is 1.51. The Hall–Kier alpha value is -3.41. The number of carbonyl (C=O) groups excluding carboxylic acids is 1. The third-order valence-corrected chi connectivity index (χ3v) is 5.89. The first-order valence-electron chi connectivity index (χ1n) is 10.4. The molecule has 0 radical (unpaired) electrons. The van der Waals surface area contributed by atoms with Crippen LogP contribution in [0.4, 0.5) is 5.69 Å². The molecule has 1 atom stereocenters. The molecule has 0 N–H and O–H groups in total. The number of fused-ring (bicyclic) bond motifs is 1. The Kier molecular flexibility index (Phi) is 5.89. The van der Waals surface area contributed by atoms with Gasteiger partial charge in [-0.25, -0.2) is 0 Å². The number of para-hydroxylation sites is 1.